The maximum atomic E-state index is 12.7. The molecule has 128 valence electrons. The zero-order chi connectivity index (χ0) is 17.8. The summed E-state index contributed by atoms with van der Waals surface area (Å²) in [5, 5.41) is 0.456. The summed E-state index contributed by atoms with van der Waals surface area (Å²) in [4.78, 5) is 24.3. The summed E-state index contributed by atoms with van der Waals surface area (Å²) in [5.74, 6) is -0.00728. The largest absolute Gasteiger partial charge is 0.479 e. The molecule has 0 amide bonds. The van der Waals surface area contributed by atoms with Crippen molar-refractivity contribution in [2.45, 2.75) is 20.0 Å². The second kappa shape index (κ2) is 7.21. The SMILES string of the molecule is CCOC(=O)[C@H](C)Oc1ccc2c(=O)c(-c3ccccc3)coc2c1. The van der Waals surface area contributed by atoms with Crippen molar-refractivity contribution in [1.29, 1.82) is 0 Å². The van der Waals surface area contributed by atoms with Crippen molar-refractivity contribution < 1.29 is 18.7 Å². The molecule has 0 spiro atoms. The Balaban J connectivity index is 1.92. The van der Waals surface area contributed by atoms with Gasteiger partial charge in [-0.2, -0.15) is 0 Å². The number of ether oxygens (including phenoxy) is 2. The molecule has 3 aromatic rings. The Morgan fingerprint density at radius 2 is 1.92 bits per heavy atom. The molecule has 0 bridgehead atoms. The predicted octanol–water partition coefficient (Wildman–Crippen LogP) is 3.79. The zero-order valence-electron chi connectivity index (χ0n) is 14.0. The first-order valence-corrected chi connectivity index (χ1v) is 8.04. The molecule has 0 aliphatic rings. The molecule has 2 aromatic carbocycles. The third kappa shape index (κ3) is 3.55. The molecule has 5 nitrogen and oxygen atoms in total. The van der Waals surface area contributed by atoms with Crippen molar-refractivity contribution in [3.05, 3.63) is 65.0 Å². The molecule has 0 fully saturated rings. The standard InChI is InChI=1S/C20H18O5/c1-3-23-20(22)13(2)25-15-9-10-16-18(11-15)24-12-17(19(16)21)14-7-5-4-6-8-14/h4-13H,3H2,1-2H3/t13-/m0/s1. The van der Waals surface area contributed by atoms with E-state index in [0.29, 0.717) is 28.9 Å². The van der Waals surface area contributed by atoms with Crippen LogP contribution in [0, 0.1) is 0 Å². The fourth-order valence-electron chi connectivity index (χ4n) is 2.51. The highest BCUT2D eigenvalue weighted by Crippen LogP contribution is 2.23. The molecule has 0 N–H and O–H groups in total. The summed E-state index contributed by atoms with van der Waals surface area (Å²) in [7, 11) is 0. The van der Waals surface area contributed by atoms with E-state index in [0.717, 1.165) is 5.56 Å². The van der Waals surface area contributed by atoms with Crippen molar-refractivity contribution in [3.63, 3.8) is 0 Å². The van der Waals surface area contributed by atoms with Gasteiger partial charge in [-0.25, -0.2) is 4.79 Å². The van der Waals surface area contributed by atoms with Gasteiger partial charge in [0.25, 0.3) is 0 Å². The Morgan fingerprint density at radius 1 is 1.16 bits per heavy atom. The van der Waals surface area contributed by atoms with Gasteiger partial charge >= 0.3 is 5.97 Å². The first kappa shape index (κ1) is 16.8. The predicted molar refractivity (Wildman–Crippen MR) is 94.6 cm³/mol. The molecule has 0 saturated carbocycles. The molecule has 0 unspecified atom stereocenters. The van der Waals surface area contributed by atoms with Crippen LogP contribution in [0.15, 0.2) is 64.0 Å². The van der Waals surface area contributed by atoms with Gasteiger partial charge in [-0.3, -0.25) is 4.79 Å². The summed E-state index contributed by atoms with van der Waals surface area (Å²) < 4.78 is 16.1. The number of carbonyl (C=O) groups is 1. The van der Waals surface area contributed by atoms with Gasteiger partial charge in [0.05, 0.1) is 17.6 Å². The van der Waals surface area contributed by atoms with Crippen molar-refractivity contribution in [2.75, 3.05) is 6.61 Å². The maximum absolute atomic E-state index is 12.7. The number of fused-ring (bicyclic) bond motifs is 1. The number of rotatable bonds is 5. The van der Waals surface area contributed by atoms with Crippen molar-refractivity contribution in [1.82, 2.24) is 0 Å². The molecule has 3 rings (SSSR count). The van der Waals surface area contributed by atoms with Crippen LogP contribution in [0.1, 0.15) is 13.8 Å². The highest BCUT2D eigenvalue weighted by Gasteiger charge is 2.16. The Bertz CT molecular complexity index is 943. The van der Waals surface area contributed by atoms with Crippen LogP contribution in [0.4, 0.5) is 0 Å². The first-order valence-electron chi connectivity index (χ1n) is 8.04. The van der Waals surface area contributed by atoms with Crippen LogP contribution in [0.3, 0.4) is 0 Å². The van der Waals surface area contributed by atoms with E-state index in [4.69, 9.17) is 13.9 Å². The molecule has 1 atom stereocenters. The van der Waals surface area contributed by atoms with Crippen LogP contribution in [-0.2, 0) is 9.53 Å². The van der Waals surface area contributed by atoms with E-state index < -0.39 is 12.1 Å². The lowest BCUT2D eigenvalue weighted by Gasteiger charge is -2.13. The fourth-order valence-corrected chi connectivity index (χ4v) is 2.51. The van der Waals surface area contributed by atoms with Gasteiger partial charge in [0.2, 0.25) is 0 Å². The van der Waals surface area contributed by atoms with Crippen LogP contribution in [0.25, 0.3) is 22.1 Å². The molecule has 1 aromatic heterocycles. The van der Waals surface area contributed by atoms with Crippen LogP contribution >= 0.6 is 0 Å². The lowest BCUT2D eigenvalue weighted by Crippen LogP contribution is -2.26. The fraction of sp³-hybridized carbons (Fsp3) is 0.200. The lowest BCUT2D eigenvalue weighted by molar-refractivity contribution is -0.150. The molecule has 25 heavy (non-hydrogen) atoms. The van der Waals surface area contributed by atoms with Crippen molar-refractivity contribution >= 4 is 16.9 Å². The highest BCUT2D eigenvalue weighted by atomic mass is 16.6. The van der Waals surface area contributed by atoms with Crippen LogP contribution in [-0.4, -0.2) is 18.7 Å². The minimum absolute atomic E-state index is 0.113. The van der Waals surface area contributed by atoms with Gasteiger partial charge in [-0.1, -0.05) is 30.3 Å². The Labute approximate surface area is 144 Å². The normalized spacial score (nSPS) is 11.9. The third-order valence-electron chi connectivity index (χ3n) is 3.76. The summed E-state index contributed by atoms with van der Waals surface area (Å²) in [5.41, 5.74) is 1.59. The van der Waals surface area contributed by atoms with Gasteiger partial charge in [-0.15, -0.1) is 0 Å². The van der Waals surface area contributed by atoms with Gasteiger partial charge in [-0.05, 0) is 31.5 Å². The number of benzene rings is 2. The summed E-state index contributed by atoms with van der Waals surface area (Å²) >= 11 is 0. The second-order valence-electron chi connectivity index (χ2n) is 5.51. The molecule has 5 heteroatoms. The van der Waals surface area contributed by atoms with Crippen LogP contribution < -0.4 is 10.2 Å². The van der Waals surface area contributed by atoms with Crippen molar-refractivity contribution in [3.8, 4) is 16.9 Å². The quantitative estimate of drug-likeness (QED) is 0.662. The summed E-state index contributed by atoms with van der Waals surface area (Å²) in [6, 6.07) is 14.2. The number of esters is 1. The smallest absolute Gasteiger partial charge is 0.347 e. The summed E-state index contributed by atoms with van der Waals surface area (Å²) in [6.45, 7) is 3.64. The highest BCUT2D eigenvalue weighted by molar-refractivity contribution is 5.82. The molecular weight excluding hydrogens is 320 g/mol. The Kier molecular flexibility index (Phi) is 4.84. The van der Waals surface area contributed by atoms with E-state index in [-0.39, 0.29) is 5.43 Å². The van der Waals surface area contributed by atoms with E-state index in [9.17, 15) is 9.59 Å². The second-order valence-corrected chi connectivity index (χ2v) is 5.51. The monoisotopic (exact) mass is 338 g/mol. The lowest BCUT2D eigenvalue weighted by atomic mass is 10.1. The van der Waals surface area contributed by atoms with Crippen LogP contribution in [0.5, 0.6) is 5.75 Å². The molecule has 1 heterocycles. The first-order chi connectivity index (χ1) is 12.1. The molecule has 0 aliphatic heterocycles. The average Bonchev–Trinajstić information content (AvgIpc) is 2.63. The number of carbonyl (C=O) groups excluding carboxylic acids is 1. The Hall–Kier alpha value is -3.08. The van der Waals surface area contributed by atoms with Gasteiger partial charge in [0.1, 0.15) is 17.6 Å². The minimum atomic E-state index is -0.743. The van der Waals surface area contributed by atoms with Crippen LogP contribution in [0.2, 0.25) is 0 Å². The van der Waals surface area contributed by atoms with Gasteiger partial charge in [0.15, 0.2) is 11.5 Å². The zero-order valence-corrected chi connectivity index (χ0v) is 14.0. The number of hydrogen-bond acceptors (Lipinski definition) is 5. The molecular formula is C20H18O5. The van der Waals surface area contributed by atoms with E-state index >= 15 is 0 Å². The topological polar surface area (TPSA) is 65.7 Å². The maximum Gasteiger partial charge on any atom is 0.347 e. The van der Waals surface area contributed by atoms with E-state index in [2.05, 4.69) is 0 Å². The molecule has 0 radical (unpaired) electrons. The van der Waals surface area contributed by atoms with E-state index in [1.54, 1.807) is 32.0 Å². The van der Waals surface area contributed by atoms with Gasteiger partial charge < -0.3 is 13.9 Å². The molecule has 0 saturated heterocycles. The number of hydrogen-bond donors (Lipinski definition) is 0. The van der Waals surface area contributed by atoms with Gasteiger partial charge in [0, 0.05) is 6.07 Å². The average molecular weight is 338 g/mol. The van der Waals surface area contributed by atoms with Crippen molar-refractivity contribution in [2.24, 2.45) is 0 Å². The third-order valence-corrected chi connectivity index (χ3v) is 3.76. The minimum Gasteiger partial charge on any atom is -0.479 e. The Morgan fingerprint density at radius 3 is 2.64 bits per heavy atom. The van der Waals surface area contributed by atoms with E-state index in [1.807, 2.05) is 30.3 Å². The molecule has 0 aliphatic carbocycles. The van der Waals surface area contributed by atoms with E-state index in [1.165, 1.54) is 6.26 Å². The summed E-state index contributed by atoms with van der Waals surface area (Å²) in [6.07, 6.45) is 0.700.